The second-order valence-electron chi connectivity index (χ2n) is 3.88. The highest BCUT2D eigenvalue weighted by atomic mass is 79.9. The lowest BCUT2D eigenvalue weighted by molar-refractivity contribution is 0.102. The maximum atomic E-state index is 12.0. The van der Waals surface area contributed by atoms with E-state index in [2.05, 4.69) is 26.2 Å². The number of carbonyl (C=O) groups is 1. The molecule has 0 unspecified atom stereocenters. The normalized spacial score (nSPS) is 9.65. The average Bonchev–Trinajstić information content (AvgIpc) is 2.47. The molecule has 5 nitrogen and oxygen atoms in total. The second kappa shape index (κ2) is 6.17. The lowest BCUT2D eigenvalue weighted by atomic mass is 10.2. The van der Waals surface area contributed by atoms with Gasteiger partial charge in [0.1, 0.15) is 11.8 Å². The second-order valence-corrected chi connectivity index (χ2v) is 4.73. The van der Waals surface area contributed by atoms with Crippen molar-refractivity contribution in [3.8, 4) is 11.8 Å². The minimum absolute atomic E-state index is 0.327. The van der Waals surface area contributed by atoms with E-state index in [1.54, 1.807) is 25.3 Å². The van der Waals surface area contributed by atoms with E-state index in [0.29, 0.717) is 22.6 Å². The summed E-state index contributed by atoms with van der Waals surface area (Å²) < 4.78 is 5.85. The Kier molecular flexibility index (Phi) is 4.33. The van der Waals surface area contributed by atoms with E-state index in [1.807, 2.05) is 6.07 Å². The predicted octanol–water partition coefficient (Wildman–Crippen LogP) is 2.98. The molecule has 0 saturated heterocycles. The van der Waals surface area contributed by atoms with Gasteiger partial charge in [-0.1, -0.05) is 0 Å². The van der Waals surface area contributed by atoms with Crippen LogP contribution < -0.4 is 10.1 Å². The van der Waals surface area contributed by atoms with Crippen LogP contribution in [0.2, 0.25) is 0 Å². The van der Waals surface area contributed by atoms with Gasteiger partial charge in [0.25, 0.3) is 5.91 Å². The number of pyridine rings is 1. The summed E-state index contributed by atoms with van der Waals surface area (Å²) in [5.74, 6) is 0.350. The van der Waals surface area contributed by atoms with Crippen LogP contribution in [-0.2, 0) is 0 Å². The predicted molar refractivity (Wildman–Crippen MR) is 77.6 cm³/mol. The van der Waals surface area contributed by atoms with Gasteiger partial charge in [-0.3, -0.25) is 9.78 Å². The molecule has 0 spiro atoms. The first kappa shape index (κ1) is 14.0. The van der Waals surface area contributed by atoms with Crippen LogP contribution in [0.1, 0.15) is 15.9 Å². The Hall–Kier alpha value is -2.39. The highest BCUT2D eigenvalue weighted by molar-refractivity contribution is 9.10. The van der Waals surface area contributed by atoms with Crippen LogP contribution in [0.4, 0.5) is 5.69 Å². The molecule has 0 atom stereocenters. The van der Waals surface area contributed by atoms with Crippen molar-refractivity contribution in [3.05, 3.63) is 52.3 Å². The number of nitrogens with one attached hydrogen (secondary N) is 1. The molecule has 0 bridgehead atoms. The molecule has 1 N–H and O–H groups in total. The largest absolute Gasteiger partial charge is 0.496 e. The summed E-state index contributed by atoms with van der Waals surface area (Å²) in [4.78, 5) is 15.9. The number of carbonyl (C=O) groups excluding carboxylic acids is 1. The van der Waals surface area contributed by atoms with Gasteiger partial charge in [0, 0.05) is 18.1 Å². The summed E-state index contributed by atoms with van der Waals surface area (Å²) >= 11 is 3.34. The number of anilines is 1. The zero-order chi connectivity index (χ0) is 14.5. The summed E-state index contributed by atoms with van der Waals surface area (Å²) in [6.07, 6.45) is 2.81. The Labute approximate surface area is 124 Å². The SMILES string of the molecule is COc1ccc(NC(=O)c2cncc(C#N)c2)cc1Br. The van der Waals surface area contributed by atoms with E-state index in [0.717, 1.165) is 4.47 Å². The molecular formula is C14H10BrN3O2. The monoisotopic (exact) mass is 331 g/mol. The molecule has 1 aromatic carbocycles. The van der Waals surface area contributed by atoms with Crippen LogP contribution in [0.5, 0.6) is 5.75 Å². The van der Waals surface area contributed by atoms with Crippen LogP contribution in [0.25, 0.3) is 0 Å². The molecule has 1 heterocycles. The fraction of sp³-hybridized carbons (Fsp3) is 0.0714. The molecule has 1 amide bonds. The van der Waals surface area contributed by atoms with Crippen molar-refractivity contribution < 1.29 is 9.53 Å². The number of ether oxygens (including phenoxy) is 1. The number of benzene rings is 1. The van der Waals surface area contributed by atoms with Gasteiger partial charge >= 0.3 is 0 Å². The molecule has 0 aliphatic heterocycles. The first-order valence-corrected chi connectivity index (χ1v) is 6.43. The fourth-order valence-electron chi connectivity index (χ4n) is 1.57. The molecule has 20 heavy (non-hydrogen) atoms. The highest BCUT2D eigenvalue weighted by Gasteiger charge is 2.09. The van der Waals surface area contributed by atoms with Crippen molar-refractivity contribution in [2.24, 2.45) is 0 Å². The Morgan fingerprint density at radius 1 is 1.40 bits per heavy atom. The smallest absolute Gasteiger partial charge is 0.257 e. The van der Waals surface area contributed by atoms with Gasteiger partial charge in [0.05, 0.1) is 22.7 Å². The molecule has 0 aliphatic carbocycles. The zero-order valence-corrected chi connectivity index (χ0v) is 12.1. The van der Waals surface area contributed by atoms with Crippen molar-refractivity contribution in [2.45, 2.75) is 0 Å². The van der Waals surface area contributed by atoms with E-state index < -0.39 is 0 Å². The summed E-state index contributed by atoms with van der Waals surface area (Å²) in [5, 5.41) is 11.5. The molecular weight excluding hydrogens is 322 g/mol. The Morgan fingerprint density at radius 2 is 2.20 bits per heavy atom. The Balaban J connectivity index is 2.19. The number of rotatable bonds is 3. The van der Waals surface area contributed by atoms with E-state index in [9.17, 15) is 4.79 Å². The number of aromatic nitrogens is 1. The highest BCUT2D eigenvalue weighted by Crippen LogP contribution is 2.27. The molecule has 0 saturated carbocycles. The maximum Gasteiger partial charge on any atom is 0.257 e. The van der Waals surface area contributed by atoms with Gasteiger partial charge in [-0.25, -0.2) is 0 Å². The minimum Gasteiger partial charge on any atom is -0.496 e. The molecule has 0 radical (unpaired) electrons. The van der Waals surface area contributed by atoms with E-state index in [-0.39, 0.29) is 5.91 Å². The average molecular weight is 332 g/mol. The summed E-state index contributed by atoms with van der Waals surface area (Å²) in [6, 6.07) is 8.63. The Morgan fingerprint density at radius 3 is 2.85 bits per heavy atom. The van der Waals surface area contributed by atoms with E-state index in [4.69, 9.17) is 10.00 Å². The van der Waals surface area contributed by atoms with Crippen LogP contribution in [-0.4, -0.2) is 18.0 Å². The third-order valence-electron chi connectivity index (χ3n) is 2.54. The summed E-state index contributed by atoms with van der Waals surface area (Å²) in [7, 11) is 1.57. The molecule has 0 aliphatic rings. The van der Waals surface area contributed by atoms with Crippen molar-refractivity contribution in [2.75, 3.05) is 12.4 Å². The number of hydrogen-bond acceptors (Lipinski definition) is 4. The zero-order valence-electron chi connectivity index (χ0n) is 10.6. The fourth-order valence-corrected chi connectivity index (χ4v) is 2.11. The number of halogens is 1. The topological polar surface area (TPSA) is 75.0 Å². The van der Waals surface area contributed by atoms with Gasteiger partial charge in [-0.15, -0.1) is 0 Å². The molecule has 6 heteroatoms. The van der Waals surface area contributed by atoms with E-state index >= 15 is 0 Å². The number of nitrogens with zero attached hydrogens (tertiary/aromatic N) is 2. The van der Waals surface area contributed by atoms with Gasteiger partial charge in [0.15, 0.2) is 0 Å². The number of nitriles is 1. The number of methoxy groups -OCH3 is 1. The first-order chi connectivity index (χ1) is 9.63. The van der Waals surface area contributed by atoms with Crippen molar-refractivity contribution >= 4 is 27.5 Å². The Bertz CT molecular complexity index is 695. The van der Waals surface area contributed by atoms with Gasteiger partial charge in [-0.05, 0) is 40.2 Å². The molecule has 0 fully saturated rings. The van der Waals surface area contributed by atoms with Crippen LogP contribution >= 0.6 is 15.9 Å². The van der Waals surface area contributed by atoms with Crippen molar-refractivity contribution in [3.63, 3.8) is 0 Å². The van der Waals surface area contributed by atoms with Crippen molar-refractivity contribution in [1.29, 1.82) is 5.26 Å². The van der Waals surface area contributed by atoms with Crippen molar-refractivity contribution in [1.82, 2.24) is 4.98 Å². The number of hydrogen-bond donors (Lipinski definition) is 1. The quantitative estimate of drug-likeness (QED) is 0.938. The van der Waals surface area contributed by atoms with Crippen LogP contribution in [0.15, 0.2) is 41.1 Å². The van der Waals surface area contributed by atoms with Gasteiger partial charge < -0.3 is 10.1 Å². The molecule has 100 valence electrons. The lowest BCUT2D eigenvalue weighted by Gasteiger charge is -2.08. The number of amides is 1. The van der Waals surface area contributed by atoms with Crippen LogP contribution in [0.3, 0.4) is 0 Å². The standard InChI is InChI=1S/C14H10BrN3O2/c1-20-13-3-2-11(5-12(13)15)18-14(19)10-4-9(6-16)7-17-8-10/h2-5,7-8H,1H3,(H,18,19). The van der Waals surface area contributed by atoms with Crippen LogP contribution in [0, 0.1) is 11.3 Å². The van der Waals surface area contributed by atoms with E-state index in [1.165, 1.54) is 18.5 Å². The molecule has 2 aromatic rings. The third-order valence-corrected chi connectivity index (χ3v) is 3.16. The summed E-state index contributed by atoms with van der Waals surface area (Å²) in [6.45, 7) is 0. The third kappa shape index (κ3) is 3.13. The minimum atomic E-state index is -0.327. The lowest BCUT2D eigenvalue weighted by Crippen LogP contribution is -2.12. The molecule has 1 aromatic heterocycles. The summed E-state index contributed by atoms with van der Waals surface area (Å²) in [5.41, 5.74) is 1.29. The first-order valence-electron chi connectivity index (χ1n) is 5.64. The van der Waals surface area contributed by atoms with Gasteiger partial charge in [0.2, 0.25) is 0 Å². The van der Waals surface area contributed by atoms with Gasteiger partial charge in [-0.2, -0.15) is 5.26 Å². The molecule has 2 rings (SSSR count). The maximum absolute atomic E-state index is 12.0.